The monoisotopic (exact) mass is 346 g/mol. The Morgan fingerprint density at radius 2 is 1.88 bits per heavy atom. The van der Waals surface area contributed by atoms with Crippen molar-refractivity contribution in [1.29, 1.82) is 0 Å². The van der Waals surface area contributed by atoms with Crippen molar-refractivity contribution in [1.82, 2.24) is 0 Å². The van der Waals surface area contributed by atoms with Crippen LogP contribution in [0.25, 0.3) is 0 Å². The van der Waals surface area contributed by atoms with Crippen molar-refractivity contribution in [3.63, 3.8) is 0 Å². The molecule has 3 saturated carbocycles. The van der Waals surface area contributed by atoms with Crippen LogP contribution in [0, 0.1) is 28.6 Å². The summed E-state index contributed by atoms with van der Waals surface area (Å²) in [7, 11) is 0. The standard InChI is InChI=1S/C21H30O4/c1-19-8-5-14(23)11-13(19)3-4-16-15(19)6-9-20(2)17(18(24)12-22)7-10-21(16,20)25/h11,15-17,22,25H,3-10,12H2,1-2H3/t15-,16+,17+,19-,20-,21+/m1/s1. The molecule has 0 aromatic carbocycles. The number of allylic oxidation sites excluding steroid dienone is 1. The molecule has 0 heterocycles. The molecule has 0 radical (unpaired) electrons. The smallest absolute Gasteiger partial charge is 0.161 e. The average Bonchev–Trinajstić information content (AvgIpc) is 2.86. The highest BCUT2D eigenvalue weighted by Gasteiger charge is 2.67. The Balaban J connectivity index is 1.71. The number of hydrogen-bond donors (Lipinski definition) is 2. The van der Waals surface area contributed by atoms with E-state index in [0.717, 1.165) is 32.1 Å². The second kappa shape index (κ2) is 5.50. The van der Waals surface area contributed by atoms with Crippen molar-refractivity contribution >= 4 is 11.6 Å². The fourth-order valence-corrected chi connectivity index (χ4v) is 7.16. The van der Waals surface area contributed by atoms with Crippen molar-refractivity contribution in [2.45, 2.75) is 70.8 Å². The van der Waals surface area contributed by atoms with E-state index < -0.39 is 17.6 Å². The third-order valence-corrected chi connectivity index (χ3v) is 8.69. The van der Waals surface area contributed by atoms with Crippen LogP contribution < -0.4 is 0 Å². The van der Waals surface area contributed by atoms with E-state index in [0.29, 0.717) is 25.2 Å². The number of carbonyl (C=O) groups excluding carboxylic acids is 2. The molecule has 6 atom stereocenters. The zero-order chi connectivity index (χ0) is 18.0. The molecule has 4 nitrogen and oxygen atoms in total. The molecule has 3 fully saturated rings. The summed E-state index contributed by atoms with van der Waals surface area (Å²) in [4.78, 5) is 24.2. The Morgan fingerprint density at radius 3 is 2.60 bits per heavy atom. The first-order valence-corrected chi connectivity index (χ1v) is 9.86. The summed E-state index contributed by atoms with van der Waals surface area (Å²) in [5.74, 6) is 0.503. The van der Waals surface area contributed by atoms with Crippen molar-refractivity contribution < 1.29 is 19.8 Å². The molecule has 25 heavy (non-hydrogen) atoms. The van der Waals surface area contributed by atoms with E-state index in [1.54, 1.807) is 0 Å². The van der Waals surface area contributed by atoms with Crippen molar-refractivity contribution in [2.24, 2.45) is 28.6 Å². The first-order chi connectivity index (χ1) is 11.8. The summed E-state index contributed by atoms with van der Waals surface area (Å²) in [6, 6.07) is 0. The summed E-state index contributed by atoms with van der Waals surface area (Å²) in [6.07, 6.45) is 8.37. The fourth-order valence-electron chi connectivity index (χ4n) is 7.16. The molecule has 4 aliphatic carbocycles. The molecule has 0 aromatic heterocycles. The second-order valence-corrected chi connectivity index (χ2v) is 9.40. The summed E-state index contributed by atoms with van der Waals surface area (Å²) in [5, 5.41) is 21.2. The van der Waals surface area contributed by atoms with Gasteiger partial charge in [-0.3, -0.25) is 9.59 Å². The minimum Gasteiger partial charge on any atom is -0.389 e. The number of fused-ring (bicyclic) bond motifs is 5. The third-order valence-electron chi connectivity index (χ3n) is 8.69. The lowest BCUT2D eigenvalue weighted by Gasteiger charge is -2.61. The third kappa shape index (κ3) is 2.13. The molecule has 4 aliphatic rings. The van der Waals surface area contributed by atoms with Crippen LogP contribution in [0.2, 0.25) is 0 Å². The lowest BCUT2D eigenvalue weighted by atomic mass is 9.45. The van der Waals surface area contributed by atoms with Crippen LogP contribution >= 0.6 is 0 Å². The molecular formula is C21H30O4. The van der Waals surface area contributed by atoms with Crippen LogP contribution in [0.3, 0.4) is 0 Å². The van der Waals surface area contributed by atoms with Gasteiger partial charge in [-0.2, -0.15) is 0 Å². The van der Waals surface area contributed by atoms with Crippen LogP contribution in [0.4, 0.5) is 0 Å². The molecule has 0 unspecified atom stereocenters. The Bertz CT molecular complexity index is 652. The highest BCUT2D eigenvalue weighted by Crippen LogP contribution is 2.68. The van der Waals surface area contributed by atoms with E-state index in [-0.39, 0.29) is 28.8 Å². The van der Waals surface area contributed by atoms with Gasteiger partial charge in [-0.1, -0.05) is 19.4 Å². The maximum Gasteiger partial charge on any atom is 0.161 e. The predicted molar refractivity (Wildman–Crippen MR) is 93.8 cm³/mol. The van der Waals surface area contributed by atoms with Gasteiger partial charge < -0.3 is 10.2 Å². The molecule has 0 saturated heterocycles. The maximum atomic E-state index is 12.3. The van der Waals surface area contributed by atoms with Crippen molar-refractivity contribution in [3.8, 4) is 0 Å². The van der Waals surface area contributed by atoms with Crippen LogP contribution in [-0.2, 0) is 9.59 Å². The minimum atomic E-state index is -0.818. The highest BCUT2D eigenvalue weighted by molar-refractivity contribution is 5.91. The normalized spacial score (nSPS) is 49.0. The number of carbonyl (C=O) groups is 2. The molecule has 0 bridgehead atoms. The summed E-state index contributed by atoms with van der Waals surface area (Å²) in [5.41, 5.74) is 0.0721. The van der Waals surface area contributed by atoms with E-state index in [4.69, 9.17) is 0 Å². The molecule has 138 valence electrons. The quantitative estimate of drug-likeness (QED) is 0.806. The van der Waals surface area contributed by atoms with Gasteiger partial charge in [0.25, 0.3) is 0 Å². The van der Waals surface area contributed by atoms with Crippen molar-refractivity contribution in [2.75, 3.05) is 6.61 Å². The average molecular weight is 346 g/mol. The lowest BCUT2D eigenvalue weighted by molar-refractivity contribution is -0.186. The van der Waals surface area contributed by atoms with E-state index >= 15 is 0 Å². The molecule has 0 spiro atoms. The van der Waals surface area contributed by atoms with E-state index in [2.05, 4.69) is 13.8 Å². The number of Topliss-reactive ketones (excluding diaryl/α,β-unsaturated/α-hetero) is 1. The molecule has 4 rings (SSSR count). The number of ketones is 2. The SMILES string of the molecule is C[C@@]12CCC(=O)C=C1CC[C@H]1[C@H]2CC[C@]2(C)[C@H](C(=O)CO)CC[C@]12O. The van der Waals surface area contributed by atoms with Gasteiger partial charge in [0.15, 0.2) is 11.6 Å². The van der Waals surface area contributed by atoms with Crippen LogP contribution in [0.15, 0.2) is 11.6 Å². The van der Waals surface area contributed by atoms with Gasteiger partial charge in [0, 0.05) is 17.8 Å². The topological polar surface area (TPSA) is 74.6 Å². The van der Waals surface area contributed by atoms with E-state index in [9.17, 15) is 19.8 Å². The largest absolute Gasteiger partial charge is 0.389 e. The first-order valence-electron chi connectivity index (χ1n) is 9.86. The van der Waals surface area contributed by atoms with Gasteiger partial charge in [0.1, 0.15) is 6.61 Å². The van der Waals surface area contributed by atoms with Gasteiger partial charge in [0.05, 0.1) is 5.60 Å². The van der Waals surface area contributed by atoms with E-state index in [1.807, 2.05) is 6.08 Å². The molecule has 2 N–H and O–H groups in total. The Hall–Kier alpha value is -1.00. The molecule has 0 amide bonds. The highest BCUT2D eigenvalue weighted by atomic mass is 16.3. The van der Waals surface area contributed by atoms with Crippen LogP contribution in [0.1, 0.15) is 65.2 Å². The summed E-state index contributed by atoms with van der Waals surface area (Å²) < 4.78 is 0. The van der Waals surface area contributed by atoms with Crippen LogP contribution in [0.5, 0.6) is 0 Å². The maximum absolute atomic E-state index is 12.3. The molecule has 0 aromatic rings. The van der Waals surface area contributed by atoms with Gasteiger partial charge in [-0.05, 0) is 68.3 Å². The Kier molecular flexibility index (Phi) is 3.83. The van der Waals surface area contributed by atoms with Gasteiger partial charge in [-0.25, -0.2) is 0 Å². The van der Waals surface area contributed by atoms with Gasteiger partial charge in [0.2, 0.25) is 0 Å². The predicted octanol–water partition coefficient (Wildman–Crippen LogP) is 2.81. The number of hydrogen-bond acceptors (Lipinski definition) is 4. The zero-order valence-corrected chi connectivity index (χ0v) is 15.4. The zero-order valence-electron chi connectivity index (χ0n) is 15.4. The fraction of sp³-hybridized carbons (Fsp3) is 0.810. The first kappa shape index (κ1) is 17.4. The summed E-state index contributed by atoms with van der Waals surface area (Å²) in [6.45, 7) is 3.95. The summed E-state index contributed by atoms with van der Waals surface area (Å²) >= 11 is 0. The Labute approximate surface area is 149 Å². The number of aliphatic hydroxyl groups excluding tert-OH is 1. The number of rotatable bonds is 2. The van der Waals surface area contributed by atoms with Crippen LogP contribution in [-0.4, -0.2) is 34.0 Å². The number of aliphatic hydroxyl groups is 2. The van der Waals surface area contributed by atoms with Crippen molar-refractivity contribution in [3.05, 3.63) is 11.6 Å². The second-order valence-electron chi connectivity index (χ2n) is 9.40. The minimum absolute atomic E-state index is 0.0208. The molecular weight excluding hydrogens is 316 g/mol. The lowest BCUT2D eigenvalue weighted by Crippen LogP contribution is -2.61. The van der Waals surface area contributed by atoms with Gasteiger partial charge >= 0.3 is 0 Å². The van der Waals surface area contributed by atoms with E-state index in [1.165, 1.54) is 5.57 Å². The molecule has 4 heteroatoms. The Morgan fingerprint density at radius 1 is 1.12 bits per heavy atom. The molecule has 0 aliphatic heterocycles. The van der Waals surface area contributed by atoms with Gasteiger partial charge in [-0.15, -0.1) is 0 Å².